The van der Waals surface area contributed by atoms with E-state index in [4.69, 9.17) is 11.1 Å². The Morgan fingerprint density at radius 3 is 2.44 bits per heavy atom. The Labute approximate surface area is 151 Å². The third-order valence-corrected chi connectivity index (χ3v) is 5.95. The van der Waals surface area contributed by atoms with Crippen LogP contribution in [0.5, 0.6) is 0 Å². The third-order valence-electron chi connectivity index (χ3n) is 5.95. The smallest absolute Gasteiger partial charge is 0.188 e. The van der Waals surface area contributed by atoms with Crippen molar-refractivity contribution in [2.45, 2.75) is 44.1 Å². The van der Waals surface area contributed by atoms with Crippen molar-refractivity contribution in [1.82, 2.24) is 9.80 Å². The van der Waals surface area contributed by atoms with Crippen molar-refractivity contribution >= 4 is 5.96 Å². The summed E-state index contributed by atoms with van der Waals surface area (Å²) in [7, 11) is 0. The summed E-state index contributed by atoms with van der Waals surface area (Å²) < 4.78 is 0. The lowest BCUT2D eigenvalue weighted by Gasteiger charge is -2.42. The van der Waals surface area contributed by atoms with E-state index in [9.17, 15) is 5.11 Å². The van der Waals surface area contributed by atoms with Crippen LogP contribution in [-0.4, -0.2) is 53.6 Å². The molecule has 0 spiro atoms. The predicted octanol–water partition coefficient (Wildman–Crippen LogP) is 2.36. The molecule has 138 valence electrons. The van der Waals surface area contributed by atoms with Gasteiger partial charge in [-0.25, -0.2) is 0 Å². The van der Waals surface area contributed by atoms with Crippen LogP contribution in [0, 0.1) is 11.3 Å². The number of hydrogen-bond donors (Lipinski definition) is 3. The van der Waals surface area contributed by atoms with Gasteiger partial charge in [0.2, 0.25) is 0 Å². The van der Waals surface area contributed by atoms with Crippen molar-refractivity contribution < 1.29 is 5.11 Å². The molecular weight excluding hydrogens is 312 g/mol. The molecule has 1 aliphatic carbocycles. The first kappa shape index (κ1) is 18.2. The second kappa shape index (κ2) is 8.19. The van der Waals surface area contributed by atoms with Crippen molar-refractivity contribution in [2.75, 3.05) is 32.7 Å². The molecule has 0 amide bonds. The van der Waals surface area contributed by atoms with Gasteiger partial charge in [0.05, 0.1) is 0 Å². The Balaban J connectivity index is 1.77. The van der Waals surface area contributed by atoms with E-state index in [1.54, 1.807) is 0 Å². The maximum atomic E-state index is 11.8. The summed E-state index contributed by atoms with van der Waals surface area (Å²) in [5.74, 6) is 0.489. The largest absolute Gasteiger partial charge is 0.384 e. The molecule has 0 radical (unpaired) electrons. The first-order valence-corrected chi connectivity index (χ1v) is 9.69. The Hall–Kier alpha value is -1.59. The van der Waals surface area contributed by atoms with Gasteiger partial charge < -0.3 is 15.7 Å². The normalized spacial score (nSPS) is 23.0. The molecule has 25 heavy (non-hydrogen) atoms. The lowest BCUT2D eigenvalue weighted by atomic mass is 9.73. The molecule has 0 bridgehead atoms. The molecular formula is C20H32N4O. The summed E-state index contributed by atoms with van der Waals surface area (Å²) in [6.45, 7) is 4.07. The minimum absolute atomic E-state index is 0.160. The van der Waals surface area contributed by atoms with Crippen molar-refractivity contribution in [3.63, 3.8) is 0 Å². The number of benzene rings is 1. The molecule has 1 unspecified atom stereocenters. The second-order valence-corrected chi connectivity index (χ2v) is 7.63. The highest BCUT2D eigenvalue weighted by Gasteiger charge is 2.40. The Kier molecular flexibility index (Phi) is 5.97. The molecule has 1 aromatic carbocycles. The number of nitrogens with zero attached hydrogens (tertiary/aromatic N) is 2. The van der Waals surface area contributed by atoms with Crippen molar-refractivity contribution in [1.29, 1.82) is 5.41 Å². The lowest BCUT2D eigenvalue weighted by Crippen LogP contribution is -2.48. The van der Waals surface area contributed by atoms with Crippen LogP contribution >= 0.6 is 0 Å². The zero-order valence-corrected chi connectivity index (χ0v) is 15.2. The summed E-state index contributed by atoms with van der Waals surface area (Å²) in [6.07, 6.45) is 6.93. The molecule has 1 aromatic rings. The molecule has 1 aliphatic heterocycles. The van der Waals surface area contributed by atoms with Gasteiger partial charge >= 0.3 is 0 Å². The van der Waals surface area contributed by atoms with E-state index < -0.39 is 5.60 Å². The summed E-state index contributed by atoms with van der Waals surface area (Å²) in [5, 5.41) is 19.5. The van der Waals surface area contributed by atoms with Gasteiger partial charge in [-0.3, -0.25) is 10.3 Å². The van der Waals surface area contributed by atoms with E-state index in [1.807, 2.05) is 23.1 Å². The number of hydrogen-bond acceptors (Lipinski definition) is 3. The molecule has 1 saturated carbocycles. The SMILES string of the molecule is N=C(N)N1CCCN(CC(O)(c2ccccc2)C2CCCCC2)CC1. The predicted molar refractivity (Wildman–Crippen MR) is 101 cm³/mol. The Bertz CT molecular complexity index is 558. The molecule has 1 heterocycles. The first-order valence-electron chi connectivity index (χ1n) is 9.69. The van der Waals surface area contributed by atoms with Gasteiger partial charge in [0, 0.05) is 32.7 Å². The van der Waals surface area contributed by atoms with Crippen LogP contribution in [0.3, 0.4) is 0 Å². The molecule has 3 rings (SSSR count). The van der Waals surface area contributed by atoms with E-state index in [1.165, 1.54) is 19.3 Å². The third kappa shape index (κ3) is 4.33. The highest BCUT2D eigenvalue weighted by molar-refractivity contribution is 5.74. The number of aliphatic hydroxyl groups is 1. The van der Waals surface area contributed by atoms with E-state index >= 15 is 0 Å². The number of guanidine groups is 1. The van der Waals surface area contributed by atoms with Crippen LogP contribution in [0.2, 0.25) is 0 Å². The summed E-state index contributed by atoms with van der Waals surface area (Å²) in [4.78, 5) is 4.30. The van der Waals surface area contributed by atoms with Crippen LogP contribution < -0.4 is 5.73 Å². The van der Waals surface area contributed by atoms with Crippen LogP contribution in [0.4, 0.5) is 0 Å². The average molecular weight is 345 g/mol. The summed E-state index contributed by atoms with van der Waals surface area (Å²) >= 11 is 0. The Morgan fingerprint density at radius 2 is 1.76 bits per heavy atom. The van der Waals surface area contributed by atoms with Gasteiger partial charge in [-0.1, -0.05) is 49.6 Å². The van der Waals surface area contributed by atoms with Crippen molar-refractivity contribution in [3.8, 4) is 0 Å². The van der Waals surface area contributed by atoms with Gasteiger partial charge in [0.1, 0.15) is 5.60 Å². The number of β-amino-alcohol motifs (C(OH)–C–C–N with tert-alkyl or cyclic N) is 1. The monoisotopic (exact) mass is 344 g/mol. The lowest BCUT2D eigenvalue weighted by molar-refractivity contribution is -0.0632. The maximum absolute atomic E-state index is 11.8. The van der Waals surface area contributed by atoms with Gasteiger partial charge in [0.15, 0.2) is 5.96 Å². The zero-order valence-electron chi connectivity index (χ0n) is 15.2. The van der Waals surface area contributed by atoms with Crippen molar-refractivity contribution in [2.24, 2.45) is 11.7 Å². The minimum atomic E-state index is -0.785. The molecule has 0 aromatic heterocycles. The topological polar surface area (TPSA) is 76.6 Å². The fraction of sp³-hybridized carbons (Fsp3) is 0.650. The molecule has 4 N–H and O–H groups in total. The van der Waals surface area contributed by atoms with Crippen LogP contribution in [0.25, 0.3) is 0 Å². The fourth-order valence-electron chi connectivity index (χ4n) is 4.47. The number of nitrogens with one attached hydrogen (secondary N) is 1. The van der Waals surface area contributed by atoms with Crippen LogP contribution in [-0.2, 0) is 5.60 Å². The molecule has 2 aliphatic rings. The van der Waals surface area contributed by atoms with Gasteiger partial charge in [-0.2, -0.15) is 0 Å². The fourth-order valence-corrected chi connectivity index (χ4v) is 4.47. The highest BCUT2D eigenvalue weighted by Crippen LogP contribution is 2.40. The first-order chi connectivity index (χ1) is 12.1. The van der Waals surface area contributed by atoms with E-state index in [0.717, 1.165) is 51.0 Å². The van der Waals surface area contributed by atoms with E-state index in [2.05, 4.69) is 17.0 Å². The van der Waals surface area contributed by atoms with Crippen LogP contribution in [0.15, 0.2) is 30.3 Å². The van der Waals surface area contributed by atoms with Gasteiger partial charge in [-0.05, 0) is 30.7 Å². The van der Waals surface area contributed by atoms with E-state index in [-0.39, 0.29) is 5.96 Å². The molecule has 2 fully saturated rings. The van der Waals surface area contributed by atoms with Gasteiger partial charge in [-0.15, -0.1) is 0 Å². The molecule has 1 saturated heterocycles. The molecule has 1 atom stereocenters. The van der Waals surface area contributed by atoms with E-state index in [0.29, 0.717) is 12.5 Å². The Morgan fingerprint density at radius 1 is 1.04 bits per heavy atom. The maximum Gasteiger partial charge on any atom is 0.188 e. The quantitative estimate of drug-likeness (QED) is 0.579. The van der Waals surface area contributed by atoms with Gasteiger partial charge in [0.25, 0.3) is 0 Å². The molecule has 5 heteroatoms. The number of nitrogens with two attached hydrogens (primary N) is 1. The van der Waals surface area contributed by atoms with Crippen molar-refractivity contribution in [3.05, 3.63) is 35.9 Å². The zero-order chi connectivity index (χ0) is 17.7. The number of rotatable bonds is 4. The summed E-state index contributed by atoms with van der Waals surface area (Å²) in [5.41, 5.74) is 5.92. The molecule has 5 nitrogen and oxygen atoms in total. The average Bonchev–Trinajstić information content (AvgIpc) is 2.89. The minimum Gasteiger partial charge on any atom is -0.384 e. The summed E-state index contributed by atoms with van der Waals surface area (Å²) in [6, 6.07) is 10.2. The highest BCUT2D eigenvalue weighted by atomic mass is 16.3. The van der Waals surface area contributed by atoms with Crippen LogP contribution in [0.1, 0.15) is 44.1 Å². The second-order valence-electron chi connectivity index (χ2n) is 7.63. The standard InChI is InChI=1S/C20H32N4O/c21-19(22)24-13-7-12-23(14-15-24)16-20(25,17-8-3-1-4-9-17)18-10-5-2-6-11-18/h1,3-4,8-9,18,25H,2,5-7,10-16H2,(H3,21,22).